The summed E-state index contributed by atoms with van der Waals surface area (Å²) in [6, 6.07) is 12.2. The fourth-order valence-electron chi connectivity index (χ4n) is 4.05. The lowest BCUT2D eigenvalue weighted by molar-refractivity contribution is 0.0684. The maximum Gasteiger partial charge on any atom is 0.352 e. The summed E-state index contributed by atoms with van der Waals surface area (Å²) < 4.78 is 20.8. The summed E-state index contributed by atoms with van der Waals surface area (Å²) >= 11 is 0. The van der Waals surface area contributed by atoms with Gasteiger partial charge in [-0.25, -0.2) is 9.18 Å². The largest absolute Gasteiger partial charge is 0.477 e. The first kappa shape index (κ1) is 19.6. The molecule has 1 aromatic heterocycles. The smallest absolute Gasteiger partial charge is 0.352 e. The van der Waals surface area contributed by atoms with E-state index in [1.54, 1.807) is 12.1 Å². The minimum Gasteiger partial charge on any atom is -0.477 e. The van der Waals surface area contributed by atoms with E-state index >= 15 is 0 Å². The zero-order chi connectivity index (χ0) is 20.4. The molecule has 2 heterocycles. The lowest BCUT2D eigenvalue weighted by Gasteiger charge is -2.12. The van der Waals surface area contributed by atoms with Crippen molar-refractivity contribution >= 4 is 16.9 Å². The van der Waals surface area contributed by atoms with Crippen LogP contribution in [0.5, 0.6) is 0 Å². The lowest BCUT2D eigenvalue weighted by atomic mass is 10.1. The number of rotatable bonds is 7. The Balaban J connectivity index is 1.72. The van der Waals surface area contributed by atoms with Crippen molar-refractivity contribution in [3.63, 3.8) is 0 Å². The highest BCUT2D eigenvalue weighted by Gasteiger charge is 2.23. The third-order valence-electron chi connectivity index (χ3n) is 5.48. The van der Waals surface area contributed by atoms with Gasteiger partial charge in [-0.1, -0.05) is 24.3 Å². The number of carboxylic acids is 1. The molecule has 0 saturated carbocycles. The molecule has 0 bridgehead atoms. The van der Waals surface area contributed by atoms with E-state index in [4.69, 9.17) is 4.74 Å². The number of fused-ring (bicyclic) bond motifs is 1. The zero-order valence-corrected chi connectivity index (χ0v) is 16.5. The molecule has 0 spiro atoms. The number of ether oxygens (including phenoxy) is 1. The van der Waals surface area contributed by atoms with Gasteiger partial charge >= 0.3 is 5.97 Å². The van der Waals surface area contributed by atoms with Crippen molar-refractivity contribution in [2.45, 2.75) is 39.0 Å². The van der Waals surface area contributed by atoms with Gasteiger partial charge in [0, 0.05) is 42.7 Å². The van der Waals surface area contributed by atoms with Crippen LogP contribution in [0.3, 0.4) is 0 Å². The van der Waals surface area contributed by atoms with E-state index in [0.717, 1.165) is 47.0 Å². The molecule has 2 N–H and O–H groups in total. The SMILES string of the molecule is Cc1ccc2c(CNCC3CCCO3)c(C(=O)O)n(Cc3ccc(F)cc3)c2c1. The number of halogens is 1. The van der Waals surface area contributed by atoms with Crippen LogP contribution in [-0.4, -0.2) is 34.9 Å². The van der Waals surface area contributed by atoms with Crippen LogP contribution in [0.4, 0.5) is 4.39 Å². The number of aryl methyl sites for hydroxylation is 1. The van der Waals surface area contributed by atoms with Gasteiger partial charge in [0.25, 0.3) is 0 Å². The first-order valence-corrected chi connectivity index (χ1v) is 9.94. The number of aromatic carboxylic acids is 1. The highest BCUT2D eigenvalue weighted by Crippen LogP contribution is 2.29. The summed E-state index contributed by atoms with van der Waals surface area (Å²) in [5.74, 6) is -1.27. The van der Waals surface area contributed by atoms with Gasteiger partial charge in [0.05, 0.1) is 6.10 Å². The molecule has 0 aliphatic carbocycles. The van der Waals surface area contributed by atoms with Gasteiger partial charge in [-0.05, 0) is 49.1 Å². The quantitative estimate of drug-likeness (QED) is 0.631. The van der Waals surface area contributed by atoms with Crippen molar-refractivity contribution in [2.75, 3.05) is 13.2 Å². The van der Waals surface area contributed by atoms with Crippen molar-refractivity contribution in [3.8, 4) is 0 Å². The highest BCUT2D eigenvalue weighted by atomic mass is 19.1. The number of nitrogens with one attached hydrogen (secondary N) is 1. The maximum absolute atomic E-state index is 13.3. The van der Waals surface area contributed by atoms with Gasteiger partial charge in [0.2, 0.25) is 0 Å². The zero-order valence-electron chi connectivity index (χ0n) is 16.5. The summed E-state index contributed by atoms with van der Waals surface area (Å²) in [4.78, 5) is 12.2. The van der Waals surface area contributed by atoms with Gasteiger partial charge in [0.1, 0.15) is 11.5 Å². The van der Waals surface area contributed by atoms with Crippen LogP contribution in [0.25, 0.3) is 10.9 Å². The summed E-state index contributed by atoms with van der Waals surface area (Å²) in [5.41, 5.74) is 3.83. The van der Waals surface area contributed by atoms with Crippen LogP contribution in [0.1, 0.15) is 40.0 Å². The highest BCUT2D eigenvalue weighted by molar-refractivity contribution is 5.98. The maximum atomic E-state index is 13.3. The van der Waals surface area contributed by atoms with Crippen LogP contribution in [-0.2, 0) is 17.8 Å². The van der Waals surface area contributed by atoms with Gasteiger partial charge in [0.15, 0.2) is 0 Å². The lowest BCUT2D eigenvalue weighted by Crippen LogP contribution is -2.26. The predicted molar refractivity (Wildman–Crippen MR) is 110 cm³/mol. The number of nitrogens with zero attached hydrogens (tertiary/aromatic N) is 1. The molecule has 1 aliphatic heterocycles. The molecular weight excluding hydrogens is 371 g/mol. The average Bonchev–Trinajstić information content (AvgIpc) is 3.30. The van der Waals surface area contributed by atoms with Crippen LogP contribution >= 0.6 is 0 Å². The molecular formula is C23H25FN2O3. The minimum atomic E-state index is -0.963. The van der Waals surface area contributed by atoms with Gasteiger partial charge in [-0.15, -0.1) is 0 Å². The molecule has 152 valence electrons. The summed E-state index contributed by atoms with van der Waals surface area (Å²) in [5, 5.41) is 14.3. The summed E-state index contributed by atoms with van der Waals surface area (Å²) in [7, 11) is 0. The van der Waals surface area contributed by atoms with Gasteiger partial charge in [-0.3, -0.25) is 0 Å². The molecule has 1 unspecified atom stereocenters. The van der Waals surface area contributed by atoms with E-state index in [1.165, 1.54) is 12.1 Å². The van der Waals surface area contributed by atoms with E-state index in [0.29, 0.717) is 19.6 Å². The number of hydrogen-bond acceptors (Lipinski definition) is 3. The molecule has 3 aromatic rings. The Morgan fingerprint density at radius 2 is 2.07 bits per heavy atom. The summed E-state index contributed by atoms with van der Waals surface area (Å²) in [6.45, 7) is 4.31. The van der Waals surface area contributed by atoms with Crippen LogP contribution in [0.2, 0.25) is 0 Å². The van der Waals surface area contributed by atoms with E-state index in [9.17, 15) is 14.3 Å². The third kappa shape index (κ3) is 4.18. The Labute approximate surface area is 169 Å². The average molecular weight is 396 g/mol. The monoisotopic (exact) mass is 396 g/mol. The Morgan fingerprint density at radius 3 is 2.76 bits per heavy atom. The number of carbonyl (C=O) groups is 1. The van der Waals surface area contributed by atoms with E-state index < -0.39 is 5.97 Å². The topological polar surface area (TPSA) is 63.5 Å². The minimum absolute atomic E-state index is 0.193. The second-order valence-electron chi connectivity index (χ2n) is 7.63. The Bertz CT molecular complexity index is 1020. The van der Waals surface area contributed by atoms with Crippen molar-refractivity contribution in [3.05, 3.63) is 70.7 Å². The molecule has 4 rings (SSSR count). The second kappa shape index (κ2) is 8.35. The van der Waals surface area contributed by atoms with E-state index in [1.807, 2.05) is 29.7 Å². The Hall–Kier alpha value is -2.70. The second-order valence-corrected chi connectivity index (χ2v) is 7.63. The van der Waals surface area contributed by atoms with Crippen molar-refractivity contribution in [1.82, 2.24) is 9.88 Å². The molecule has 1 aliphatic rings. The molecule has 1 atom stereocenters. The number of benzene rings is 2. The van der Waals surface area contributed by atoms with Crippen LogP contribution in [0, 0.1) is 12.7 Å². The molecule has 2 aromatic carbocycles. The molecule has 1 saturated heterocycles. The predicted octanol–water partition coefficient (Wildman–Crippen LogP) is 4.10. The fourth-order valence-corrected chi connectivity index (χ4v) is 4.05. The van der Waals surface area contributed by atoms with Gasteiger partial charge < -0.3 is 19.7 Å². The number of carboxylic acid groups (broad SMARTS) is 1. The molecule has 1 fully saturated rings. The van der Waals surface area contributed by atoms with Crippen LogP contribution < -0.4 is 5.32 Å². The Morgan fingerprint density at radius 1 is 1.28 bits per heavy atom. The first-order chi connectivity index (χ1) is 14.0. The molecule has 29 heavy (non-hydrogen) atoms. The molecule has 0 radical (unpaired) electrons. The fraction of sp³-hybridized carbons (Fsp3) is 0.348. The van der Waals surface area contributed by atoms with Crippen LogP contribution in [0.15, 0.2) is 42.5 Å². The van der Waals surface area contributed by atoms with Crippen molar-refractivity contribution in [1.29, 1.82) is 0 Å². The molecule has 0 amide bonds. The van der Waals surface area contributed by atoms with Gasteiger partial charge in [-0.2, -0.15) is 0 Å². The first-order valence-electron chi connectivity index (χ1n) is 9.94. The standard InChI is InChI=1S/C23H25FN2O3/c1-15-4-9-19-20(13-25-12-18-3-2-10-29-18)22(23(27)28)26(21(19)11-15)14-16-5-7-17(24)8-6-16/h4-9,11,18,25H,2-3,10,12-14H2,1H3,(H,27,28). The van der Waals surface area contributed by atoms with E-state index in [-0.39, 0.29) is 17.6 Å². The summed E-state index contributed by atoms with van der Waals surface area (Å²) in [6.07, 6.45) is 2.30. The Kier molecular flexibility index (Phi) is 5.65. The van der Waals surface area contributed by atoms with Crippen molar-refractivity contribution < 1.29 is 19.0 Å². The normalized spacial score (nSPS) is 16.6. The number of aromatic nitrogens is 1. The number of hydrogen-bond donors (Lipinski definition) is 2. The molecule has 5 nitrogen and oxygen atoms in total. The van der Waals surface area contributed by atoms with E-state index in [2.05, 4.69) is 5.32 Å². The third-order valence-corrected chi connectivity index (χ3v) is 5.48. The molecule has 6 heteroatoms. The van der Waals surface area contributed by atoms with Crippen molar-refractivity contribution in [2.24, 2.45) is 0 Å².